The Morgan fingerprint density at radius 1 is 1.50 bits per heavy atom. The molecule has 100 valence electrons. The number of amides is 1. The van der Waals surface area contributed by atoms with Crippen LogP contribution in [0.25, 0.3) is 0 Å². The number of carbonyl (C=O) groups is 1. The van der Waals surface area contributed by atoms with Gasteiger partial charge in [0.05, 0.1) is 12.2 Å². The quantitative estimate of drug-likeness (QED) is 0.542. The first-order chi connectivity index (χ1) is 8.56. The van der Waals surface area contributed by atoms with Crippen LogP contribution in [0.1, 0.15) is 16.8 Å². The number of benzene rings is 1. The monoisotopic (exact) mass is 254 g/mol. The predicted octanol–water partition coefficient (Wildman–Crippen LogP) is 0.191. The Labute approximate surface area is 105 Å². The van der Waals surface area contributed by atoms with Crippen LogP contribution in [0.4, 0.5) is 0 Å². The van der Waals surface area contributed by atoms with Crippen molar-refractivity contribution >= 4 is 5.91 Å². The third-order valence-electron chi connectivity index (χ3n) is 2.44. The first-order valence-corrected chi connectivity index (χ1v) is 5.60. The van der Waals surface area contributed by atoms with E-state index < -0.39 is 11.7 Å². The lowest BCUT2D eigenvalue weighted by Gasteiger charge is -2.11. The molecule has 1 aromatic rings. The van der Waals surface area contributed by atoms with E-state index in [-0.39, 0.29) is 17.4 Å². The summed E-state index contributed by atoms with van der Waals surface area (Å²) in [5.41, 5.74) is 5.73. The molecule has 0 aromatic heterocycles. The highest BCUT2D eigenvalue weighted by molar-refractivity contribution is 5.97. The number of carbonyl (C=O) groups excluding carboxylic acids is 1. The van der Waals surface area contributed by atoms with Crippen LogP contribution in [-0.4, -0.2) is 42.4 Å². The van der Waals surface area contributed by atoms with Crippen molar-refractivity contribution in [1.82, 2.24) is 5.32 Å². The Bertz CT molecular complexity index is 409. The maximum atomic E-state index is 11.7. The van der Waals surface area contributed by atoms with Gasteiger partial charge in [0.2, 0.25) is 0 Å². The zero-order chi connectivity index (χ0) is 13.5. The molecule has 0 saturated carbocycles. The molecule has 0 fully saturated rings. The van der Waals surface area contributed by atoms with E-state index in [9.17, 15) is 15.0 Å². The van der Waals surface area contributed by atoms with Gasteiger partial charge in [-0.25, -0.2) is 0 Å². The SMILES string of the molecule is COCC(N)CCNC(=O)c1cccc(O)c1O. The van der Waals surface area contributed by atoms with E-state index in [4.69, 9.17) is 10.5 Å². The fourth-order valence-corrected chi connectivity index (χ4v) is 1.48. The van der Waals surface area contributed by atoms with Crippen molar-refractivity contribution in [3.8, 4) is 11.5 Å². The number of ether oxygens (including phenoxy) is 1. The maximum Gasteiger partial charge on any atom is 0.255 e. The third-order valence-corrected chi connectivity index (χ3v) is 2.44. The van der Waals surface area contributed by atoms with E-state index in [1.54, 1.807) is 7.11 Å². The van der Waals surface area contributed by atoms with Gasteiger partial charge in [-0.15, -0.1) is 0 Å². The molecule has 1 unspecified atom stereocenters. The summed E-state index contributed by atoms with van der Waals surface area (Å²) >= 11 is 0. The summed E-state index contributed by atoms with van der Waals surface area (Å²) in [6.07, 6.45) is 0.569. The summed E-state index contributed by atoms with van der Waals surface area (Å²) in [5, 5.41) is 21.4. The molecule has 1 rings (SSSR count). The van der Waals surface area contributed by atoms with Crippen LogP contribution in [0, 0.1) is 0 Å². The first-order valence-electron chi connectivity index (χ1n) is 5.60. The second-order valence-corrected chi connectivity index (χ2v) is 3.93. The van der Waals surface area contributed by atoms with Crippen LogP contribution in [0.3, 0.4) is 0 Å². The summed E-state index contributed by atoms with van der Waals surface area (Å²) in [4.78, 5) is 11.7. The second kappa shape index (κ2) is 6.83. The Hall–Kier alpha value is -1.79. The normalized spacial score (nSPS) is 12.1. The van der Waals surface area contributed by atoms with Gasteiger partial charge < -0.3 is 26.0 Å². The van der Waals surface area contributed by atoms with Crippen LogP contribution in [0.15, 0.2) is 18.2 Å². The largest absolute Gasteiger partial charge is 0.504 e. The summed E-state index contributed by atoms with van der Waals surface area (Å²) in [7, 11) is 1.56. The molecule has 0 radical (unpaired) electrons. The molecule has 1 atom stereocenters. The number of para-hydroxylation sites is 1. The molecule has 1 amide bonds. The Morgan fingerprint density at radius 3 is 2.89 bits per heavy atom. The summed E-state index contributed by atoms with van der Waals surface area (Å²) in [6, 6.07) is 4.08. The number of nitrogens with one attached hydrogen (secondary N) is 1. The molecule has 0 aliphatic carbocycles. The summed E-state index contributed by atoms with van der Waals surface area (Å²) in [6.45, 7) is 0.797. The topological polar surface area (TPSA) is 105 Å². The lowest BCUT2D eigenvalue weighted by molar-refractivity contribution is 0.0947. The minimum absolute atomic E-state index is 0.0373. The molecule has 6 nitrogen and oxygen atoms in total. The van der Waals surface area contributed by atoms with Crippen LogP contribution in [0.2, 0.25) is 0 Å². The lowest BCUT2D eigenvalue weighted by atomic mass is 10.1. The average Bonchev–Trinajstić information content (AvgIpc) is 2.33. The minimum atomic E-state index is -0.451. The molecule has 1 aromatic carbocycles. The van der Waals surface area contributed by atoms with E-state index >= 15 is 0 Å². The summed E-state index contributed by atoms with van der Waals surface area (Å²) < 4.78 is 4.87. The highest BCUT2D eigenvalue weighted by Gasteiger charge is 2.13. The van der Waals surface area contributed by atoms with E-state index in [1.165, 1.54) is 18.2 Å². The van der Waals surface area contributed by atoms with Crippen molar-refractivity contribution < 1.29 is 19.7 Å². The molecular weight excluding hydrogens is 236 g/mol. The highest BCUT2D eigenvalue weighted by atomic mass is 16.5. The average molecular weight is 254 g/mol. The molecule has 18 heavy (non-hydrogen) atoms. The number of rotatable bonds is 6. The van der Waals surface area contributed by atoms with Crippen molar-refractivity contribution in [1.29, 1.82) is 0 Å². The van der Waals surface area contributed by atoms with Gasteiger partial charge in [0, 0.05) is 19.7 Å². The predicted molar refractivity (Wildman–Crippen MR) is 66.6 cm³/mol. The van der Waals surface area contributed by atoms with Crippen molar-refractivity contribution in [2.45, 2.75) is 12.5 Å². The second-order valence-electron chi connectivity index (χ2n) is 3.93. The van der Waals surface area contributed by atoms with Gasteiger partial charge >= 0.3 is 0 Å². The third kappa shape index (κ3) is 3.90. The molecular formula is C12H18N2O4. The molecule has 5 N–H and O–H groups in total. The Kier molecular flexibility index (Phi) is 5.41. The zero-order valence-electron chi connectivity index (χ0n) is 10.2. The van der Waals surface area contributed by atoms with Crippen molar-refractivity contribution in [3.63, 3.8) is 0 Å². The zero-order valence-corrected chi connectivity index (χ0v) is 10.2. The Morgan fingerprint density at radius 2 is 2.22 bits per heavy atom. The Balaban J connectivity index is 2.48. The number of phenols is 2. The van der Waals surface area contributed by atoms with E-state index in [0.717, 1.165) is 0 Å². The molecule has 0 aliphatic rings. The van der Waals surface area contributed by atoms with Crippen molar-refractivity contribution in [2.75, 3.05) is 20.3 Å². The van der Waals surface area contributed by atoms with E-state index in [2.05, 4.69) is 5.32 Å². The molecule has 0 heterocycles. The lowest BCUT2D eigenvalue weighted by Crippen LogP contribution is -2.32. The first kappa shape index (κ1) is 14.3. The number of nitrogens with two attached hydrogens (primary N) is 1. The van der Waals surface area contributed by atoms with Gasteiger partial charge in [-0.3, -0.25) is 4.79 Å². The van der Waals surface area contributed by atoms with Gasteiger partial charge in [-0.2, -0.15) is 0 Å². The molecule has 0 spiro atoms. The number of aromatic hydroxyl groups is 2. The molecule has 6 heteroatoms. The molecule has 0 saturated heterocycles. The van der Waals surface area contributed by atoms with Gasteiger partial charge in [0.15, 0.2) is 11.5 Å². The smallest absolute Gasteiger partial charge is 0.255 e. The van der Waals surface area contributed by atoms with Crippen LogP contribution in [-0.2, 0) is 4.74 Å². The number of phenolic OH excluding ortho intramolecular Hbond substituents is 2. The summed E-state index contributed by atoms with van der Waals surface area (Å²) in [5.74, 6) is -1.19. The van der Waals surface area contributed by atoms with Crippen LogP contribution < -0.4 is 11.1 Å². The van der Waals surface area contributed by atoms with Crippen molar-refractivity contribution in [2.24, 2.45) is 5.73 Å². The number of hydrogen-bond donors (Lipinski definition) is 4. The maximum absolute atomic E-state index is 11.7. The molecule has 0 bridgehead atoms. The van der Waals surface area contributed by atoms with Gasteiger partial charge in [0.1, 0.15) is 0 Å². The van der Waals surface area contributed by atoms with Crippen LogP contribution >= 0.6 is 0 Å². The molecule has 0 aliphatic heterocycles. The van der Waals surface area contributed by atoms with Gasteiger partial charge in [-0.05, 0) is 18.6 Å². The fourth-order valence-electron chi connectivity index (χ4n) is 1.48. The van der Waals surface area contributed by atoms with E-state index in [0.29, 0.717) is 19.6 Å². The fraction of sp³-hybridized carbons (Fsp3) is 0.417. The van der Waals surface area contributed by atoms with Crippen LogP contribution in [0.5, 0.6) is 11.5 Å². The number of methoxy groups -OCH3 is 1. The minimum Gasteiger partial charge on any atom is -0.504 e. The van der Waals surface area contributed by atoms with Gasteiger partial charge in [0.25, 0.3) is 5.91 Å². The van der Waals surface area contributed by atoms with Gasteiger partial charge in [-0.1, -0.05) is 6.07 Å². The standard InChI is InChI=1S/C12H18N2O4/c1-18-7-8(13)5-6-14-12(17)9-3-2-4-10(15)11(9)16/h2-4,8,15-16H,5-7,13H2,1H3,(H,14,17). The van der Waals surface area contributed by atoms with E-state index in [1.807, 2.05) is 0 Å². The van der Waals surface area contributed by atoms with Crippen molar-refractivity contribution in [3.05, 3.63) is 23.8 Å². The highest BCUT2D eigenvalue weighted by Crippen LogP contribution is 2.27. The number of hydrogen-bond acceptors (Lipinski definition) is 5.